The van der Waals surface area contributed by atoms with Gasteiger partial charge < -0.3 is 13.9 Å². The minimum absolute atomic E-state index is 0. The molecule has 0 spiro atoms. The second kappa shape index (κ2) is 22.6. The van der Waals surface area contributed by atoms with Gasteiger partial charge in [-0.25, -0.2) is 4.98 Å². The molecule has 0 radical (unpaired) electrons. The number of para-hydroxylation sites is 1. The smallest absolute Gasteiger partial charge is 0.268 e. The zero-order chi connectivity index (χ0) is 92.2. The van der Waals surface area contributed by atoms with Gasteiger partial charge in [-0.15, -0.1) is 29.7 Å². The summed E-state index contributed by atoms with van der Waals surface area (Å²) < 4.78 is 304. The van der Waals surface area contributed by atoms with Crippen molar-refractivity contribution in [1.82, 2.24) is 14.1 Å². The molecule has 3 aromatic heterocycles. The van der Waals surface area contributed by atoms with Crippen molar-refractivity contribution >= 4 is 32.8 Å². The first kappa shape index (κ1) is 37.0. The molecule has 0 saturated carbocycles. The van der Waals surface area contributed by atoms with Crippen LogP contribution in [0.2, 0.25) is 0 Å². The molecule has 0 unspecified atom stereocenters. The van der Waals surface area contributed by atoms with Crippen LogP contribution in [0.5, 0.6) is 11.5 Å². The number of ether oxygens (including phenoxy) is 1. The SMILES string of the molecule is [2H]c1c([2H])c2c(c([2H])c1-c1cc3c4c(c1)n(-c1[c-]c(Oc5[c-]c6c(cc5)c5ccccc5n6-c5cc(C(C)(C)C)ccn5)ccc1)[c-][n+]4-c1c(cc(-c4c(C([2H])([2H])[2H])cccc4C([2H])([2H])[2H])cc1-c1c(C([2H])([2H])[2H])cccc1C([2H])([2H])[2H])-c1cc4c(cc1-c1ccccc1-3)C(C)(C)CCC4(C)C)C(C([2H])([2H])[2H])(C([2H])([2H])[2H])C([2H])([2H])C([2H])([2H])C2(C([2H])([2H])[2H])C([2H])([2H])[2H].[Pt]. The normalized spacial score (nSPS) is 22.4. The van der Waals surface area contributed by atoms with E-state index >= 15 is 0 Å². The predicted octanol–water partition coefficient (Wildman–Crippen LogP) is 23.1. The number of aromatic nitrogens is 4. The fraction of sp³-hybridized carbons (Fsp3) is 0.267. The molecule has 0 fully saturated rings. The van der Waals surface area contributed by atoms with Crippen molar-refractivity contribution in [1.29, 1.82) is 0 Å². The first-order valence-electron chi connectivity index (χ1n) is 47.1. The largest absolute Gasteiger partial charge is 0.510 e. The molecule has 10 aromatic carbocycles. The zero-order valence-electron chi connectivity index (χ0n) is 84.6. The number of aryl methyl sites for hydroxylation is 4. The maximum Gasteiger partial charge on any atom is 0.268 e. The molecule has 0 atom stereocenters. The first-order valence-corrected chi connectivity index (χ1v) is 31.6. The summed E-state index contributed by atoms with van der Waals surface area (Å²) in [5.74, 6) is 0.726. The van der Waals surface area contributed by atoms with Crippen LogP contribution in [-0.2, 0) is 48.1 Å². The van der Waals surface area contributed by atoms with Gasteiger partial charge in [0.05, 0.1) is 20.8 Å². The van der Waals surface area contributed by atoms with Crippen molar-refractivity contribution in [2.45, 2.75) is 156 Å². The molecule has 2 aliphatic carbocycles. The van der Waals surface area contributed by atoms with Crippen molar-refractivity contribution in [3.05, 3.63) is 257 Å². The number of rotatable bonds is 7. The maximum atomic E-state index is 10.7. The van der Waals surface area contributed by atoms with Crippen molar-refractivity contribution in [3.63, 3.8) is 0 Å². The van der Waals surface area contributed by atoms with Crippen LogP contribution in [0.15, 0.2) is 188 Å². The number of pyridine rings is 1. The average Bonchev–Trinajstić information content (AvgIpc) is 0.913. The summed E-state index contributed by atoms with van der Waals surface area (Å²) in [4.78, 5) is 4.85. The van der Waals surface area contributed by atoms with E-state index < -0.39 is 157 Å². The fourth-order valence-electron chi connectivity index (χ4n) is 14.4. The van der Waals surface area contributed by atoms with Gasteiger partial charge in [0.15, 0.2) is 0 Å². The van der Waals surface area contributed by atoms with E-state index in [2.05, 4.69) is 66.9 Å². The number of hydrogen-bond donors (Lipinski definition) is 0. The van der Waals surface area contributed by atoms with Gasteiger partial charge in [-0.3, -0.25) is 4.57 Å². The summed E-state index contributed by atoms with van der Waals surface area (Å²) in [5, 5.41) is 1.65. The van der Waals surface area contributed by atoms with Crippen LogP contribution in [0, 0.1) is 45.9 Å². The topological polar surface area (TPSA) is 35.9 Å². The molecule has 4 heterocycles. The molecule has 16 rings (SSSR count). The summed E-state index contributed by atoms with van der Waals surface area (Å²) >= 11 is 0. The summed E-state index contributed by atoms with van der Waals surface area (Å²) in [6, 6.07) is 46.2. The average molecular weight is 1460 g/mol. The van der Waals surface area contributed by atoms with Crippen LogP contribution in [-0.4, -0.2) is 14.1 Å². The first-order chi connectivity index (χ1) is 58.0. The Morgan fingerprint density at radius 2 is 1.15 bits per heavy atom. The Labute approximate surface area is 625 Å². The van der Waals surface area contributed by atoms with Crippen molar-refractivity contribution in [3.8, 4) is 95.5 Å². The monoisotopic (exact) mass is 1460 g/mol. The van der Waals surface area contributed by atoms with Crippen LogP contribution in [0.4, 0.5) is 0 Å². The van der Waals surface area contributed by atoms with E-state index in [1.165, 1.54) is 63.7 Å². The Morgan fingerprint density at radius 1 is 0.531 bits per heavy atom. The third kappa shape index (κ3) is 10.2. The molecule has 0 amide bonds. The van der Waals surface area contributed by atoms with Gasteiger partial charge in [-0.1, -0.05) is 191 Å². The molecule has 482 valence electrons. The summed E-state index contributed by atoms with van der Waals surface area (Å²) in [6.45, 7) is -15.7. The molecule has 0 N–H and O–H groups in total. The number of imidazole rings is 1. The molecule has 6 heteroatoms. The fourth-order valence-corrected chi connectivity index (χ4v) is 14.4. The van der Waals surface area contributed by atoms with E-state index in [-0.39, 0.29) is 93.8 Å². The standard InChI is InChI=1S/C90H84N4O.Pt/c1-54-23-20-24-55(2)82(54)60-44-72-70-52-77-76(89(12,13)40-41-90(77,14)15)51-69(70)65-29-16-17-30-66(65)71-43-59(58-33-36-74-75(46-58)88(10,11)39-38-87(74,8)9)47-80-85(71)93(84(72)73(45-60)83-56(3)25-21-26-57(83)4)53-92(80)62-27-22-28-63(49-62)95-64-34-35-68-67-31-18-19-32-78(67)94(79(68)50-64)81-48-61(37-42-91-81)86(5,6)7;/h16-37,42-48,51-52H,38-41H2,1-15H3;/q-2;/i1D3,2D3,3D3,4D3,8D3,9D3,10D3,11D3,33D,36D,38D2,39D2,46D;. The Bertz CT molecular complexity index is 6640. The van der Waals surface area contributed by atoms with Crippen molar-refractivity contribution < 1.29 is 72.9 Å². The maximum absolute atomic E-state index is 10.7. The van der Waals surface area contributed by atoms with Crippen LogP contribution in [0.3, 0.4) is 0 Å². The number of benzene rings is 10. The quantitative estimate of drug-likeness (QED) is 0.118. The Balaban J connectivity index is 0.0000124. The van der Waals surface area contributed by atoms with Gasteiger partial charge in [0.25, 0.3) is 6.33 Å². The van der Waals surface area contributed by atoms with Gasteiger partial charge in [-0.05, 0) is 250 Å². The van der Waals surface area contributed by atoms with Crippen LogP contribution in [0.1, 0.15) is 194 Å². The molecule has 96 heavy (non-hydrogen) atoms. The van der Waals surface area contributed by atoms with Gasteiger partial charge in [-0.2, -0.15) is 18.2 Å². The minimum atomic E-state index is -4.70. The Hall–Kier alpha value is -8.89. The van der Waals surface area contributed by atoms with E-state index in [0.29, 0.717) is 40.9 Å². The van der Waals surface area contributed by atoms with Gasteiger partial charge in [0, 0.05) is 82.7 Å². The predicted molar refractivity (Wildman–Crippen MR) is 394 cm³/mol. The van der Waals surface area contributed by atoms with Crippen LogP contribution < -0.4 is 9.30 Å². The molecule has 3 aliphatic rings. The Kier molecular flexibility index (Phi) is 8.71. The van der Waals surface area contributed by atoms with E-state index in [1.807, 2.05) is 59.2 Å². The summed E-state index contributed by atoms with van der Waals surface area (Å²) in [7, 11) is 0. The van der Waals surface area contributed by atoms with Crippen molar-refractivity contribution in [2.24, 2.45) is 0 Å². The van der Waals surface area contributed by atoms with Crippen LogP contribution >= 0.6 is 0 Å². The number of nitrogens with zero attached hydrogens (tertiary/aromatic N) is 4. The minimum Gasteiger partial charge on any atom is -0.510 e. The van der Waals surface area contributed by atoms with E-state index in [4.69, 9.17) is 26.2 Å². The van der Waals surface area contributed by atoms with Gasteiger partial charge in [0.1, 0.15) is 5.82 Å². The molecule has 5 nitrogen and oxygen atoms in total. The molecule has 0 saturated heterocycles. The Morgan fingerprint density at radius 3 is 1.83 bits per heavy atom. The van der Waals surface area contributed by atoms with Crippen molar-refractivity contribution in [2.75, 3.05) is 0 Å². The van der Waals surface area contributed by atoms with Gasteiger partial charge in [0.2, 0.25) is 0 Å². The zero-order valence-corrected chi connectivity index (χ0v) is 55.9. The van der Waals surface area contributed by atoms with E-state index in [9.17, 15) is 26.0 Å². The molecule has 0 bridgehead atoms. The third-order valence-corrected chi connectivity index (χ3v) is 19.5. The van der Waals surface area contributed by atoms with Crippen LogP contribution in [0.25, 0.3) is 117 Å². The van der Waals surface area contributed by atoms with E-state index in [0.717, 1.165) is 33.0 Å². The summed E-state index contributed by atoms with van der Waals surface area (Å²) in [6.07, 6.45) is -2.83. The number of fused-ring (bicyclic) bond motifs is 12. The second-order valence-electron chi connectivity index (χ2n) is 27.6. The second-order valence-corrected chi connectivity index (χ2v) is 27.6. The molecule has 13 aromatic rings. The summed E-state index contributed by atoms with van der Waals surface area (Å²) in [5.41, 5.74) is -13.5. The van der Waals surface area contributed by atoms with E-state index in [1.54, 1.807) is 60.8 Å². The number of hydrogen-bond acceptors (Lipinski definition) is 2. The molecule has 1 aliphatic heterocycles. The van der Waals surface area contributed by atoms with Gasteiger partial charge >= 0.3 is 0 Å². The third-order valence-electron chi connectivity index (χ3n) is 19.5. The molecular formula is C90H84N4OPt-2. The molecular weight excluding hydrogens is 1350 g/mol.